The Labute approximate surface area is 58.2 Å². The third kappa shape index (κ3) is 1.57. The Morgan fingerprint density at radius 1 is 1.78 bits per heavy atom. The zero-order valence-electron chi connectivity index (χ0n) is 4.73. The fourth-order valence-electron chi connectivity index (χ4n) is 0.599. The van der Waals surface area contributed by atoms with Crippen LogP contribution in [0.1, 0.15) is 6.42 Å². The third-order valence-corrected chi connectivity index (χ3v) is 1.30. The molecule has 0 aromatic carbocycles. The normalized spacial score (nSPS) is 16.3. The van der Waals surface area contributed by atoms with E-state index in [0.29, 0.717) is 12.0 Å². The van der Waals surface area contributed by atoms with Crippen LogP contribution in [0, 0.1) is 0 Å². The summed E-state index contributed by atoms with van der Waals surface area (Å²) >= 11 is 5.18. The topological polar surface area (TPSA) is 29.1 Å². The summed E-state index contributed by atoms with van der Waals surface area (Å²) in [6.07, 6.45) is 5.85. The molecule has 1 N–H and O–H groups in total. The zero-order chi connectivity index (χ0) is 6.69. The van der Waals surface area contributed by atoms with Gasteiger partial charge in [-0.3, -0.25) is 4.79 Å². The van der Waals surface area contributed by atoms with Crippen LogP contribution in [0.15, 0.2) is 24.0 Å². The molecule has 0 amide bonds. The Bertz CT molecular complexity index is 183. The van der Waals surface area contributed by atoms with E-state index in [-0.39, 0.29) is 5.24 Å². The first kappa shape index (κ1) is 6.36. The van der Waals surface area contributed by atoms with Crippen LogP contribution >= 0.6 is 11.6 Å². The second-order valence-corrected chi connectivity index (χ2v) is 2.06. The van der Waals surface area contributed by atoms with Gasteiger partial charge in [-0.15, -0.1) is 0 Å². The molecule has 0 atom stereocenters. The van der Waals surface area contributed by atoms with E-state index in [4.69, 9.17) is 11.6 Å². The van der Waals surface area contributed by atoms with Crippen molar-refractivity contribution in [1.29, 1.82) is 0 Å². The Morgan fingerprint density at radius 2 is 2.56 bits per heavy atom. The number of dihydropyridines is 1. The summed E-state index contributed by atoms with van der Waals surface area (Å²) in [5, 5.41) is 2.39. The van der Waals surface area contributed by atoms with E-state index in [0.717, 1.165) is 0 Å². The highest BCUT2D eigenvalue weighted by Gasteiger charge is 2.04. The summed E-state index contributed by atoms with van der Waals surface area (Å²) in [5.41, 5.74) is 0.610. The molecule has 2 nitrogen and oxygen atoms in total. The Hall–Kier alpha value is -0.760. The second-order valence-electron chi connectivity index (χ2n) is 1.72. The van der Waals surface area contributed by atoms with Crippen molar-refractivity contribution < 1.29 is 4.79 Å². The monoisotopic (exact) mass is 143 g/mol. The van der Waals surface area contributed by atoms with Gasteiger partial charge in [-0.05, 0) is 24.2 Å². The van der Waals surface area contributed by atoms with Gasteiger partial charge < -0.3 is 5.32 Å². The lowest BCUT2D eigenvalue weighted by atomic mass is 10.2. The molecule has 1 aliphatic heterocycles. The fraction of sp³-hybridized carbons (Fsp3) is 0.167. The molecule has 0 saturated carbocycles. The van der Waals surface area contributed by atoms with E-state index < -0.39 is 0 Å². The number of rotatable bonds is 1. The first-order valence-corrected chi connectivity index (χ1v) is 2.98. The lowest BCUT2D eigenvalue weighted by Crippen LogP contribution is -2.04. The average Bonchev–Trinajstić information content (AvgIpc) is 1.90. The smallest absolute Gasteiger partial charge is 0.250 e. The molecule has 0 radical (unpaired) electrons. The standard InChI is InChI=1S/C6H6ClNO/c7-6(9)5-2-1-3-8-4-5/h1,3-4,8H,2H2. The Balaban J connectivity index is 2.61. The number of allylic oxidation sites excluding steroid dienone is 2. The molecule has 1 rings (SSSR count). The molecule has 0 spiro atoms. The van der Waals surface area contributed by atoms with Gasteiger partial charge in [-0.1, -0.05) is 6.08 Å². The van der Waals surface area contributed by atoms with Gasteiger partial charge in [-0.2, -0.15) is 0 Å². The van der Waals surface area contributed by atoms with Crippen LogP contribution in [0.25, 0.3) is 0 Å². The summed E-state index contributed by atoms with van der Waals surface area (Å²) in [6.45, 7) is 0. The number of hydrogen-bond donors (Lipinski definition) is 1. The first-order valence-electron chi connectivity index (χ1n) is 2.60. The largest absolute Gasteiger partial charge is 0.367 e. The lowest BCUT2D eigenvalue weighted by Gasteiger charge is -2.02. The summed E-state index contributed by atoms with van der Waals surface area (Å²) < 4.78 is 0. The Kier molecular flexibility index (Phi) is 1.90. The highest BCUT2D eigenvalue weighted by atomic mass is 35.5. The van der Waals surface area contributed by atoms with Crippen LogP contribution in [0.2, 0.25) is 0 Å². The molecule has 0 aromatic heterocycles. The van der Waals surface area contributed by atoms with Crippen molar-refractivity contribution in [3.63, 3.8) is 0 Å². The van der Waals surface area contributed by atoms with Crippen LogP contribution in [0.4, 0.5) is 0 Å². The SMILES string of the molecule is O=C(Cl)C1=CNC=CC1. The van der Waals surface area contributed by atoms with Gasteiger partial charge in [-0.25, -0.2) is 0 Å². The van der Waals surface area contributed by atoms with Gasteiger partial charge in [0.05, 0.1) is 0 Å². The van der Waals surface area contributed by atoms with E-state index in [9.17, 15) is 4.79 Å². The third-order valence-electron chi connectivity index (χ3n) is 1.06. The predicted molar refractivity (Wildman–Crippen MR) is 35.8 cm³/mol. The van der Waals surface area contributed by atoms with E-state index in [1.807, 2.05) is 6.08 Å². The van der Waals surface area contributed by atoms with E-state index in [2.05, 4.69) is 5.32 Å². The number of carbonyl (C=O) groups excluding carboxylic acids is 1. The number of carbonyl (C=O) groups is 1. The van der Waals surface area contributed by atoms with Gasteiger partial charge in [0.1, 0.15) is 0 Å². The molecule has 1 heterocycles. The molecule has 0 aromatic rings. The minimum Gasteiger partial charge on any atom is -0.367 e. The summed E-state index contributed by atoms with van der Waals surface area (Å²) in [6, 6.07) is 0. The maximum atomic E-state index is 10.4. The minimum absolute atomic E-state index is 0.383. The minimum atomic E-state index is -0.383. The van der Waals surface area contributed by atoms with Crippen LogP contribution in [0.5, 0.6) is 0 Å². The number of hydrogen-bond acceptors (Lipinski definition) is 2. The zero-order valence-corrected chi connectivity index (χ0v) is 5.48. The van der Waals surface area contributed by atoms with Gasteiger partial charge in [0.25, 0.3) is 0 Å². The van der Waals surface area contributed by atoms with Crippen molar-refractivity contribution in [3.8, 4) is 0 Å². The molecule has 9 heavy (non-hydrogen) atoms. The molecule has 1 aliphatic rings. The molecule has 48 valence electrons. The molecular formula is C6H6ClNO. The molecule has 3 heteroatoms. The molecular weight excluding hydrogens is 138 g/mol. The van der Waals surface area contributed by atoms with E-state index in [1.54, 1.807) is 12.4 Å². The van der Waals surface area contributed by atoms with Crippen LogP contribution < -0.4 is 5.32 Å². The van der Waals surface area contributed by atoms with Crippen LogP contribution in [-0.4, -0.2) is 5.24 Å². The summed E-state index contributed by atoms with van der Waals surface area (Å²) in [7, 11) is 0. The Morgan fingerprint density at radius 3 is 2.89 bits per heavy atom. The maximum Gasteiger partial charge on any atom is 0.250 e. The summed E-state index contributed by atoms with van der Waals surface area (Å²) in [4.78, 5) is 10.4. The van der Waals surface area contributed by atoms with Crippen molar-refractivity contribution in [2.75, 3.05) is 0 Å². The van der Waals surface area contributed by atoms with E-state index in [1.165, 1.54) is 0 Å². The highest BCUT2D eigenvalue weighted by molar-refractivity contribution is 6.67. The number of nitrogens with one attached hydrogen (secondary N) is 1. The second kappa shape index (κ2) is 2.69. The molecule has 0 saturated heterocycles. The quantitative estimate of drug-likeness (QED) is 0.558. The van der Waals surface area contributed by atoms with Crippen molar-refractivity contribution in [2.45, 2.75) is 6.42 Å². The van der Waals surface area contributed by atoms with Gasteiger partial charge in [0.2, 0.25) is 5.24 Å². The summed E-state index contributed by atoms with van der Waals surface area (Å²) in [5.74, 6) is 0. The first-order chi connectivity index (χ1) is 4.30. The van der Waals surface area contributed by atoms with Crippen LogP contribution in [0.3, 0.4) is 0 Å². The molecule has 0 fully saturated rings. The predicted octanol–water partition coefficient (Wildman–Crippen LogP) is 1.14. The molecule has 0 aliphatic carbocycles. The van der Waals surface area contributed by atoms with Gasteiger partial charge in [0.15, 0.2) is 0 Å². The van der Waals surface area contributed by atoms with Crippen molar-refractivity contribution in [1.82, 2.24) is 5.32 Å². The average molecular weight is 144 g/mol. The van der Waals surface area contributed by atoms with Crippen molar-refractivity contribution in [2.24, 2.45) is 0 Å². The van der Waals surface area contributed by atoms with Crippen molar-refractivity contribution in [3.05, 3.63) is 24.0 Å². The molecule has 0 unspecified atom stereocenters. The lowest BCUT2D eigenvalue weighted by molar-refractivity contribution is -0.108. The number of halogens is 1. The maximum absolute atomic E-state index is 10.4. The highest BCUT2D eigenvalue weighted by Crippen LogP contribution is 2.07. The van der Waals surface area contributed by atoms with Crippen LogP contribution in [-0.2, 0) is 4.79 Å². The fourth-order valence-corrected chi connectivity index (χ4v) is 0.730. The van der Waals surface area contributed by atoms with Crippen molar-refractivity contribution >= 4 is 16.8 Å². The molecule has 0 bridgehead atoms. The van der Waals surface area contributed by atoms with Gasteiger partial charge in [0, 0.05) is 11.8 Å². The van der Waals surface area contributed by atoms with E-state index >= 15 is 0 Å². The van der Waals surface area contributed by atoms with Gasteiger partial charge >= 0.3 is 0 Å².